The van der Waals surface area contributed by atoms with E-state index < -0.39 is 0 Å². The number of ether oxygens (including phenoxy) is 1. The van der Waals surface area contributed by atoms with Gasteiger partial charge in [-0.25, -0.2) is 4.98 Å². The molecular formula is C31H35N3O3. The largest absolute Gasteiger partial charge is 0.497 e. The van der Waals surface area contributed by atoms with E-state index in [0.717, 1.165) is 12.0 Å². The lowest BCUT2D eigenvalue weighted by Crippen LogP contribution is -2.40. The number of rotatable bonds is 10. The molecule has 6 heteroatoms. The molecule has 1 unspecified atom stereocenters. The fourth-order valence-corrected chi connectivity index (χ4v) is 4.62. The summed E-state index contributed by atoms with van der Waals surface area (Å²) in [4.78, 5) is 34.6. The van der Waals surface area contributed by atoms with Crippen molar-refractivity contribution in [2.75, 3.05) is 13.7 Å². The van der Waals surface area contributed by atoms with Crippen LogP contribution in [0, 0.1) is 5.92 Å². The Labute approximate surface area is 218 Å². The van der Waals surface area contributed by atoms with Crippen molar-refractivity contribution in [1.29, 1.82) is 0 Å². The number of amides is 1. The molecule has 37 heavy (non-hydrogen) atoms. The van der Waals surface area contributed by atoms with Gasteiger partial charge in [0.1, 0.15) is 11.6 Å². The first-order valence-electron chi connectivity index (χ1n) is 12.9. The highest BCUT2D eigenvalue weighted by Gasteiger charge is 2.29. The van der Waals surface area contributed by atoms with Crippen molar-refractivity contribution < 1.29 is 9.53 Å². The van der Waals surface area contributed by atoms with E-state index in [1.54, 1.807) is 17.7 Å². The maximum Gasteiger partial charge on any atom is 0.266 e. The molecule has 6 nitrogen and oxygen atoms in total. The molecule has 0 spiro atoms. The quantitative estimate of drug-likeness (QED) is 0.271. The smallest absolute Gasteiger partial charge is 0.266 e. The van der Waals surface area contributed by atoms with Crippen LogP contribution in [0.25, 0.3) is 16.6 Å². The number of benzene rings is 3. The van der Waals surface area contributed by atoms with Crippen LogP contribution in [-0.4, -0.2) is 34.0 Å². The maximum absolute atomic E-state index is 13.9. The van der Waals surface area contributed by atoms with E-state index in [0.29, 0.717) is 53.5 Å². The van der Waals surface area contributed by atoms with Crippen LogP contribution in [0.5, 0.6) is 5.75 Å². The van der Waals surface area contributed by atoms with E-state index in [2.05, 4.69) is 13.8 Å². The summed E-state index contributed by atoms with van der Waals surface area (Å²) in [7, 11) is 1.61. The van der Waals surface area contributed by atoms with Crippen LogP contribution in [0.4, 0.5) is 0 Å². The molecule has 1 atom stereocenters. The van der Waals surface area contributed by atoms with Gasteiger partial charge in [-0.05, 0) is 60.7 Å². The molecule has 1 amide bonds. The van der Waals surface area contributed by atoms with Crippen molar-refractivity contribution in [3.05, 3.63) is 101 Å². The van der Waals surface area contributed by atoms with E-state index in [1.807, 2.05) is 84.6 Å². The van der Waals surface area contributed by atoms with Crippen LogP contribution in [0.2, 0.25) is 0 Å². The lowest BCUT2D eigenvalue weighted by molar-refractivity contribution is -0.133. The Balaban J connectivity index is 1.87. The zero-order valence-electron chi connectivity index (χ0n) is 22.1. The summed E-state index contributed by atoms with van der Waals surface area (Å²) in [6, 6.07) is 24.2. The van der Waals surface area contributed by atoms with Crippen molar-refractivity contribution in [2.45, 2.75) is 46.1 Å². The van der Waals surface area contributed by atoms with E-state index in [4.69, 9.17) is 9.72 Å². The Bertz CT molecular complexity index is 1400. The van der Waals surface area contributed by atoms with Crippen molar-refractivity contribution in [2.24, 2.45) is 5.92 Å². The number of para-hydroxylation sites is 1. The van der Waals surface area contributed by atoms with Crippen LogP contribution in [0.1, 0.15) is 51.0 Å². The molecule has 0 aliphatic carbocycles. The number of nitrogens with zero attached hydrogens (tertiary/aromatic N) is 3. The van der Waals surface area contributed by atoms with Gasteiger partial charge in [-0.3, -0.25) is 14.2 Å². The van der Waals surface area contributed by atoms with Crippen LogP contribution >= 0.6 is 0 Å². The van der Waals surface area contributed by atoms with Crippen molar-refractivity contribution in [3.63, 3.8) is 0 Å². The highest BCUT2D eigenvalue weighted by molar-refractivity contribution is 5.80. The predicted molar refractivity (Wildman–Crippen MR) is 148 cm³/mol. The van der Waals surface area contributed by atoms with Gasteiger partial charge in [0, 0.05) is 6.54 Å². The van der Waals surface area contributed by atoms with E-state index >= 15 is 0 Å². The minimum atomic E-state index is -0.366. The minimum absolute atomic E-state index is 0.0300. The monoisotopic (exact) mass is 497 g/mol. The third-order valence-corrected chi connectivity index (χ3v) is 6.66. The Morgan fingerprint density at radius 3 is 2.30 bits per heavy atom. The Kier molecular flexibility index (Phi) is 8.39. The maximum atomic E-state index is 13.9. The first-order valence-corrected chi connectivity index (χ1v) is 12.9. The summed E-state index contributed by atoms with van der Waals surface area (Å²) < 4.78 is 6.99. The van der Waals surface area contributed by atoms with Gasteiger partial charge in [0.2, 0.25) is 5.91 Å². The molecule has 0 bridgehead atoms. The van der Waals surface area contributed by atoms with Gasteiger partial charge < -0.3 is 9.64 Å². The van der Waals surface area contributed by atoms with Gasteiger partial charge in [-0.2, -0.15) is 0 Å². The summed E-state index contributed by atoms with van der Waals surface area (Å²) in [5.74, 6) is 1.73. The highest BCUT2D eigenvalue weighted by Crippen LogP contribution is 2.28. The molecule has 0 saturated heterocycles. The summed E-state index contributed by atoms with van der Waals surface area (Å²) in [6.07, 6.45) is 1.78. The zero-order valence-corrected chi connectivity index (χ0v) is 22.1. The first-order chi connectivity index (χ1) is 17.9. The van der Waals surface area contributed by atoms with Gasteiger partial charge >= 0.3 is 0 Å². The van der Waals surface area contributed by atoms with E-state index in [-0.39, 0.29) is 17.5 Å². The number of carbonyl (C=O) groups is 1. The third kappa shape index (κ3) is 5.91. The molecular weight excluding hydrogens is 462 g/mol. The molecule has 0 aliphatic heterocycles. The molecule has 1 aromatic heterocycles. The molecule has 4 rings (SSSR count). The molecule has 0 fully saturated rings. The second kappa shape index (κ2) is 11.9. The fourth-order valence-electron chi connectivity index (χ4n) is 4.62. The Morgan fingerprint density at radius 1 is 0.973 bits per heavy atom. The van der Waals surface area contributed by atoms with Crippen molar-refractivity contribution in [1.82, 2.24) is 14.5 Å². The topological polar surface area (TPSA) is 64.4 Å². The second-order valence-corrected chi connectivity index (χ2v) is 9.68. The van der Waals surface area contributed by atoms with Gasteiger partial charge in [0.15, 0.2) is 0 Å². The zero-order chi connectivity index (χ0) is 26.4. The number of hydrogen-bond acceptors (Lipinski definition) is 4. The molecule has 3 aromatic carbocycles. The van der Waals surface area contributed by atoms with Crippen molar-refractivity contribution >= 4 is 16.8 Å². The van der Waals surface area contributed by atoms with Gasteiger partial charge in [0.25, 0.3) is 5.56 Å². The standard InChI is InChI=1S/C31H35N3O3/c1-5-28(33(20-19-22(2)3)29(35)21-23-11-7-6-8-12-23)30-32-27-14-10-9-13-26(27)31(36)34(30)24-15-17-25(37-4)18-16-24/h6-18,22,28H,5,19-21H2,1-4H3. The second-order valence-electron chi connectivity index (χ2n) is 9.68. The highest BCUT2D eigenvalue weighted by atomic mass is 16.5. The molecule has 0 saturated carbocycles. The van der Waals surface area contributed by atoms with Crippen LogP contribution in [-0.2, 0) is 11.2 Å². The summed E-state index contributed by atoms with van der Waals surface area (Å²) in [5, 5.41) is 0.543. The van der Waals surface area contributed by atoms with Gasteiger partial charge in [0.05, 0.1) is 36.2 Å². The van der Waals surface area contributed by atoms with Crippen LogP contribution < -0.4 is 10.3 Å². The lowest BCUT2D eigenvalue weighted by Gasteiger charge is -2.33. The average molecular weight is 498 g/mol. The first kappa shape index (κ1) is 26.1. The summed E-state index contributed by atoms with van der Waals surface area (Å²) >= 11 is 0. The number of fused-ring (bicyclic) bond motifs is 1. The number of methoxy groups -OCH3 is 1. The molecule has 1 heterocycles. The molecule has 0 N–H and O–H groups in total. The molecule has 192 valence electrons. The minimum Gasteiger partial charge on any atom is -0.497 e. The fraction of sp³-hybridized carbons (Fsp3) is 0.323. The number of hydrogen-bond donors (Lipinski definition) is 0. The summed E-state index contributed by atoms with van der Waals surface area (Å²) in [6.45, 7) is 6.94. The van der Waals surface area contributed by atoms with E-state index in [9.17, 15) is 9.59 Å². The average Bonchev–Trinajstić information content (AvgIpc) is 2.91. The Hall–Kier alpha value is -3.93. The predicted octanol–water partition coefficient (Wildman–Crippen LogP) is 5.96. The van der Waals surface area contributed by atoms with E-state index in [1.165, 1.54) is 0 Å². The third-order valence-electron chi connectivity index (χ3n) is 6.66. The van der Waals surface area contributed by atoms with Crippen LogP contribution in [0.3, 0.4) is 0 Å². The summed E-state index contributed by atoms with van der Waals surface area (Å²) in [5.41, 5.74) is 2.14. The lowest BCUT2D eigenvalue weighted by atomic mass is 10.0. The SMILES string of the molecule is CCC(c1nc2ccccc2c(=O)n1-c1ccc(OC)cc1)N(CCC(C)C)C(=O)Cc1ccccc1. The Morgan fingerprint density at radius 2 is 1.65 bits per heavy atom. The molecule has 0 aliphatic rings. The van der Waals surface area contributed by atoms with Crippen molar-refractivity contribution in [3.8, 4) is 11.4 Å². The number of carbonyl (C=O) groups excluding carboxylic acids is 1. The number of aromatic nitrogens is 2. The molecule has 4 aromatic rings. The normalized spacial score (nSPS) is 12.0. The van der Waals surface area contributed by atoms with Crippen LogP contribution in [0.15, 0.2) is 83.7 Å². The van der Waals surface area contributed by atoms with Gasteiger partial charge in [-0.1, -0.05) is 63.2 Å². The molecule has 0 radical (unpaired) electrons. The van der Waals surface area contributed by atoms with Gasteiger partial charge in [-0.15, -0.1) is 0 Å².